The normalized spacial score (nSPS) is 27.6. The average molecular weight is 339 g/mol. The highest BCUT2D eigenvalue weighted by molar-refractivity contribution is 9.10. The number of hydrogen-bond donors (Lipinski definition) is 1. The van der Waals surface area contributed by atoms with Crippen LogP contribution in [0, 0.1) is 12.3 Å². The first-order valence-corrected chi connectivity index (χ1v) is 8.46. The van der Waals surface area contributed by atoms with Gasteiger partial charge in [-0.15, -0.1) is 0 Å². The van der Waals surface area contributed by atoms with Gasteiger partial charge in [-0.05, 0) is 61.2 Å². The molecule has 1 spiro atoms. The number of nitrogens with one attached hydrogen (secondary N) is 1. The molecule has 2 aliphatic carbocycles. The van der Waals surface area contributed by atoms with E-state index in [-0.39, 0.29) is 0 Å². The Hall–Kier alpha value is -0.610. The van der Waals surface area contributed by atoms with Gasteiger partial charge in [-0.25, -0.2) is 4.98 Å². The second-order valence-electron chi connectivity index (χ2n) is 6.08. The molecule has 1 N–H and O–H groups in total. The van der Waals surface area contributed by atoms with E-state index in [1.807, 2.05) is 6.07 Å². The van der Waals surface area contributed by atoms with Gasteiger partial charge in [-0.1, -0.05) is 12.8 Å². The maximum absolute atomic E-state index is 5.97. The Morgan fingerprint density at radius 2 is 2.15 bits per heavy atom. The summed E-state index contributed by atoms with van der Waals surface area (Å²) in [6.45, 7) is 5.00. The quantitative estimate of drug-likeness (QED) is 0.831. The molecule has 2 unspecified atom stereocenters. The van der Waals surface area contributed by atoms with Crippen molar-refractivity contribution in [2.75, 3.05) is 11.9 Å². The third-order valence-corrected chi connectivity index (χ3v) is 5.51. The molecule has 110 valence electrons. The SMILES string of the molecule is CCOC1CC(Nc2ccc(Br)nc2C)C12CCCC2. The number of anilines is 1. The van der Waals surface area contributed by atoms with E-state index in [2.05, 4.69) is 46.1 Å². The fraction of sp³-hybridized carbons (Fsp3) is 0.688. The molecule has 1 aromatic rings. The van der Waals surface area contributed by atoms with Gasteiger partial charge in [0.25, 0.3) is 0 Å². The highest BCUT2D eigenvalue weighted by atomic mass is 79.9. The molecular formula is C16H23BrN2O. The van der Waals surface area contributed by atoms with Crippen LogP contribution < -0.4 is 5.32 Å². The number of pyridine rings is 1. The molecule has 2 aliphatic rings. The number of aryl methyl sites for hydroxylation is 1. The number of rotatable bonds is 4. The summed E-state index contributed by atoms with van der Waals surface area (Å²) < 4.78 is 6.87. The molecule has 0 saturated heterocycles. The van der Waals surface area contributed by atoms with Gasteiger partial charge >= 0.3 is 0 Å². The van der Waals surface area contributed by atoms with Crippen LogP contribution in [0.2, 0.25) is 0 Å². The van der Waals surface area contributed by atoms with Crippen LogP contribution in [0.5, 0.6) is 0 Å². The minimum absolute atomic E-state index is 0.371. The van der Waals surface area contributed by atoms with E-state index >= 15 is 0 Å². The summed E-state index contributed by atoms with van der Waals surface area (Å²) in [5.41, 5.74) is 2.60. The van der Waals surface area contributed by atoms with Crippen LogP contribution >= 0.6 is 15.9 Å². The average Bonchev–Trinajstić information content (AvgIpc) is 2.92. The molecule has 3 rings (SSSR count). The van der Waals surface area contributed by atoms with Crippen LogP contribution in [0.15, 0.2) is 16.7 Å². The molecule has 2 saturated carbocycles. The first kappa shape index (κ1) is 14.3. The van der Waals surface area contributed by atoms with Crippen molar-refractivity contribution in [2.24, 2.45) is 5.41 Å². The summed E-state index contributed by atoms with van der Waals surface area (Å²) >= 11 is 3.42. The van der Waals surface area contributed by atoms with Crippen LogP contribution in [-0.4, -0.2) is 23.7 Å². The van der Waals surface area contributed by atoms with Gasteiger partial charge in [-0.2, -0.15) is 0 Å². The Bertz CT molecular complexity index is 485. The fourth-order valence-corrected chi connectivity index (χ4v) is 4.36. The summed E-state index contributed by atoms with van der Waals surface area (Å²) in [6, 6.07) is 4.68. The third-order valence-electron chi connectivity index (χ3n) is 5.07. The first-order valence-electron chi connectivity index (χ1n) is 7.67. The Kier molecular flexibility index (Phi) is 4.04. The molecule has 0 amide bonds. The van der Waals surface area contributed by atoms with Crippen molar-refractivity contribution in [3.63, 3.8) is 0 Å². The maximum atomic E-state index is 5.97. The van der Waals surface area contributed by atoms with Crippen molar-refractivity contribution >= 4 is 21.6 Å². The molecule has 20 heavy (non-hydrogen) atoms. The summed E-state index contributed by atoms with van der Waals surface area (Å²) in [5.74, 6) is 0. The minimum Gasteiger partial charge on any atom is -0.380 e. The summed E-state index contributed by atoms with van der Waals surface area (Å²) in [5, 5.41) is 3.73. The molecular weight excluding hydrogens is 316 g/mol. The molecule has 1 heterocycles. The highest BCUT2D eigenvalue weighted by Crippen LogP contribution is 2.55. The van der Waals surface area contributed by atoms with Crippen LogP contribution in [-0.2, 0) is 4.74 Å². The second-order valence-corrected chi connectivity index (χ2v) is 6.90. The van der Waals surface area contributed by atoms with E-state index in [1.165, 1.54) is 31.4 Å². The number of aromatic nitrogens is 1. The smallest absolute Gasteiger partial charge is 0.106 e. The molecule has 2 atom stereocenters. The summed E-state index contributed by atoms with van der Waals surface area (Å²) in [6.07, 6.45) is 6.88. The summed E-state index contributed by atoms with van der Waals surface area (Å²) in [4.78, 5) is 4.48. The number of hydrogen-bond acceptors (Lipinski definition) is 3. The van der Waals surface area contributed by atoms with E-state index in [0.717, 1.165) is 23.3 Å². The fourth-order valence-electron chi connectivity index (χ4n) is 3.96. The van der Waals surface area contributed by atoms with Crippen LogP contribution in [0.25, 0.3) is 0 Å². The molecule has 2 fully saturated rings. The molecule has 1 aromatic heterocycles. The predicted molar refractivity (Wildman–Crippen MR) is 85.0 cm³/mol. The second kappa shape index (κ2) is 5.64. The van der Waals surface area contributed by atoms with Gasteiger partial charge < -0.3 is 10.1 Å². The lowest BCUT2D eigenvalue weighted by atomic mass is 9.60. The molecule has 4 heteroatoms. The van der Waals surface area contributed by atoms with E-state index in [0.29, 0.717) is 17.6 Å². The zero-order chi connectivity index (χ0) is 14.2. The van der Waals surface area contributed by atoms with Crippen molar-refractivity contribution in [2.45, 2.75) is 58.1 Å². The van der Waals surface area contributed by atoms with Gasteiger partial charge in [0.2, 0.25) is 0 Å². The highest BCUT2D eigenvalue weighted by Gasteiger charge is 2.56. The Morgan fingerprint density at radius 1 is 1.40 bits per heavy atom. The van der Waals surface area contributed by atoms with Crippen LogP contribution in [0.1, 0.15) is 44.7 Å². The topological polar surface area (TPSA) is 34.1 Å². The van der Waals surface area contributed by atoms with Gasteiger partial charge in [0, 0.05) is 18.1 Å². The standard InChI is InChI=1S/C16H23BrN2O/c1-3-20-14-10-13(16(14)8-4-5-9-16)19-12-6-7-15(17)18-11(12)2/h6-7,13-14,19H,3-5,8-10H2,1-2H3. The van der Waals surface area contributed by atoms with Crippen LogP contribution in [0.4, 0.5) is 5.69 Å². The van der Waals surface area contributed by atoms with Gasteiger partial charge in [0.05, 0.1) is 17.5 Å². The molecule has 0 radical (unpaired) electrons. The lowest BCUT2D eigenvalue weighted by Crippen LogP contribution is -2.60. The van der Waals surface area contributed by atoms with E-state index < -0.39 is 0 Å². The van der Waals surface area contributed by atoms with E-state index in [1.54, 1.807) is 0 Å². The van der Waals surface area contributed by atoms with E-state index in [4.69, 9.17) is 4.74 Å². The number of halogens is 1. The van der Waals surface area contributed by atoms with Gasteiger partial charge in [0.15, 0.2) is 0 Å². The Labute approximate surface area is 129 Å². The monoisotopic (exact) mass is 338 g/mol. The maximum Gasteiger partial charge on any atom is 0.106 e. The molecule has 3 nitrogen and oxygen atoms in total. The number of nitrogens with zero attached hydrogens (tertiary/aromatic N) is 1. The largest absolute Gasteiger partial charge is 0.380 e. The zero-order valence-corrected chi connectivity index (χ0v) is 13.9. The Morgan fingerprint density at radius 3 is 2.80 bits per heavy atom. The van der Waals surface area contributed by atoms with Gasteiger partial charge in [-0.3, -0.25) is 0 Å². The minimum atomic E-state index is 0.371. The van der Waals surface area contributed by atoms with Crippen molar-refractivity contribution in [3.05, 3.63) is 22.4 Å². The number of ether oxygens (including phenoxy) is 1. The lowest BCUT2D eigenvalue weighted by Gasteiger charge is -2.54. The zero-order valence-electron chi connectivity index (χ0n) is 12.3. The van der Waals surface area contributed by atoms with E-state index in [9.17, 15) is 0 Å². The molecule has 0 aromatic carbocycles. The predicted octanol–water partition coefficient (Wildman–Crippen LogP) is 4.30. The van der Waals surface area contributed by atoms with Crippen molar-refractivity contribution < 1.29 is 4.74 Å². The summed E-state index contributed by atoms with van der Waals surface area (Å²) in [7, 11) is 0. The van der Waals surface area contributed by atoms with Crippen LogP contribution in [0.3, 0.4) is 0 Å². The lowest BCUT2D eigenvalue weighted by molar-refractivity contribution is -0.114. The third kappa shape index (κ3) is 2.37. The van der Waals surface area contributed by atoms with Crippen molar-refractivity contribution in [3.8, 4) is 0 Å². The van der Waals surface area contributed by atoms with Gasteiger partial charge in [0.1, 0.15) is 4.60 Å². The Balaban J connectivity index is 1.74. The molecule has 0 bridgehead atoms. The first-order chi connectivity index (χ1) is 9.65. The van der Waals surface area contributed by atoms with Crippen molar-refractivity contribution in [1.82, 2.24) is 4.98 Å². The molecule has 0 aliphatic heterocycles. The van der Waals surface area contributed by atoms with Crippen molar-refractivity contribution in [1.29, 1.82) is 0 Å².